The van der Waals surface area contributed by atoms with Gasteiger partial charge in [0.1, 0.15) is 0 Å². The Morgan fingerprint density at radius 1 is 0.528 bits per heavy atom. The van der Waals surface area contributed by atoms with E-state index < -0.39 is 49.3 Å². The first-order valence-corrected chi connectivity index (χ1v) is 25.7. The summed E-state index contributed by atoms with van der Waals surface area (Å²) in [4.78, 5) is 0. The number of halogens is 8. The fraction of sp³-hybridized carbons (Fsp3) is 0.209. The summed E-state index contributed by atoms with van der Waals surface area (Å²) in [5.41, 5.74) is 8.60. The Bertz CT molecular complexity index is 2070. The number of allylic oxidation sites excluding steroid dienone is 2. The van der Waals surface area contributed by atoms with Gasteiger partial charge in [-0.2, -0.15) is 0 Å². The predicted molar refractivity (Wildman–Crippen MR) is 208 cm³/mol. The van der Waals surface area contributed by atoms with Gasteiger partial charge in [0.15, 0.2) is 0 Å². The van der Waals surface area contributed by atoms with Gasteiger partial charge in [-0.25, -0.2) is 0 Å². The van der Waals surface area contributed by atoms with Gasteiger partial charge in [-0.15, -0.1) is 24.8 Å². The minimum Gasteiger partial charge on any atom is -0.147 e. The third-order valence-electron chi connectivity index (χ3n) is 10.4. The molecule has 7 rings (SSSR count). The number of rotatable bonds is 7. The maximum Gasteiger partial charge on any atom is -0.147 e. The Kier molecular flexibility index (Phi) is 12.6. The monoisotopic (exact) mass is 856 g/mol. The molecule has 0 spiro atoms. The smallest absolute Gasteiger partial charge is 0.147 e. The fourth-order valence-electron chi connectivity index (χ4n) is 7.91. The minimum atomic E-state index is -4.40. The van der Waals surface area contributed by atoms with Gasteiger partial charge >= 0.3 is 304 Å². The van der Waals surface area contributed by atoms with Gasteiger partial charge in [-0.05, 0) is 0 Å². The van der Waals surface area contributed by atoms with Crippen LogP contribution in [0.5, 0.6) is 0 Å². The van der Waals surface area contributed by atoms with Crippen molar-refractivity contribution in [1.29, 1.82) is 0 Å². The molecule has 0 bridgehead atoms. The molecule has 5 aromatic carbocycles. The molecule has 0 radical (unpaired) electrons. The summed E-state index contributed by atoms with van der Waals surface area (Å²) >= 11 is -2.77. The van der Waals surface area contributed by atoms with Crippen LogP contribution in [0.15, 0.2) is 126 Å². The van der Waals surface area contributed by atoms with E-state index in [0.29, 0.717) is 0 Å². The largest absolute Gasteiger partial charge is 0.147 e. The summed E-state index contributed by atoms with van der Waals surface area (Å²) in [6.07, 6.45) is -2.42. The van der Waals surface area contributed by atoms with Crippen molar-refractivity contribution in [1.82, 2.24) is 0 Å². The molecule has 0 saturated carbocycles. The van der Waals surface area contributed by atoms with Crippen molar-refractivity contribution in [2.45, 2.75) is 52.8 Å². The molecule has 2 unspecified atom stereocenters. The maximum atomic E-state index is 13.4. The van der Waals surface area contributed by atoms with Crippen LogP contribution in [-0.2, 0) is 32.7 Å². The Labute approximate surface area is 327 Å². The first-order chi connectivity index (χ1) is 24.4. The van der Waals surface area contributed by atoms with Gasteiger partial charge in [0.05, 0.1) is 0 Å². The molecule has 0 heterocycles. The van der Waals surface area contributed by atoms with Crippen molar-refractivity contribution in [3.05, 3.63) is 160 Å². The van der Waals surface area contributed by atoms with E-state index in [1.54, 1.807) is 24.3 Å². The SMILES string of the molecule is CCC1=Cc2c(-c3ccc(C(F)(F)F)cc3)cccc2[CH]1[Zr]([CH]1C(CC)=Cc2c(-c3ccc(C(F)(F)F)cc3)cccc21)=[Si](C)c1ccccc1.Cl.Cl. The Balaban J connectivity index is 0.00000271. The van der Waals surface area contributed by atoms with Crippen LogP contribution in [-0.4, -0.2) is 5.43 Å². The first kappa shape index (κ1) is 41.0. The van der Waals surface area contributed by atoms with Gasteiger partial charge < -0.3 is 0 Å². The standard InChI is InChI=1S/2C18H14F3.C7H8Si.2ClH.Zr/c2*1-2-12-10-14-4-3-5-16(17(14)11-12)13-6-8-15(9-7-13)18(19,20)21;1-8-7-5-3-2-4-6-7;;;/h2*3-11H,2H2,1H3;2-6H,1H3;2*1H;. The van der Waals surface area contributed by atoms with Crippen LogP contribution in [0, 0.1) is 0 Å². The van der Waals surface area contributed by atoms with Crippen molar-refractivity contribution >= 4 is 47.6 Å². The van der Waals surface area contributed by atoms with E-state index in [1.165, 1.54) is 27.5 Å². The first-order valence-electron chi connectivity index (χ1n) is 17.2. The molecule has 2 aliphatic carbocycles. The predicted octanol–water partition coefficient (Wildman–Crippen LogP) is 13.4. The van der Waals surface area contributed by atoms with Gasteiger partial charge in [-0.1, -0.05) is 0 Å². The molecule has 53 heavy (non-hydrogen) atoms. The molecule has 0 aliphatic heterocycles. The van der Waals surface area contributed by atoms with Crippen LogP contribution in [0.4, 0.5) is 26.3 Å². The topological polar surface area (TPSA) is 0 Å². The van der Waals surface area contributed by atoms with Crippen molar-refractivity contribution in [2.24, 2.45) is 0 Å². The van der Waals surface area contributed by atoms with Crippen molar-refractivity contribution in [3.63, 3.8) is 0 Å². The molecule has 0 nitrogen and oxygen atoms in total. The zero-order valence-corrected chi connectivity index (χ0v) is 34.4. The van der Waals surface area contributed by atoms with E-state index in [0.717, 1.165) is 70.5 Å². The Morgan fingerprint density at radius 2 is 0.925 bits per heavy atom. The average molecular weight is 859 g/mol. The molecule has 0 N–H and O–H groups in total. The van der Waals surface area contributed by atoms with Gasteiger partial charge in [-0.3, -0.25) is 0 Å². The van der Waals surface area contributed by atoms with Crippen molar-refractivity contribution in [3.8, 4) is 22.3 Å². The fourth-order valence-corrected chi connectivity index (χ4v) is 31.0. The van der Waals surface area contributed by atoms with Crippen LogP contribution in [0.3, 0.4) is 0 Å². The summed E-state index contributed by atoms with van der Waals surface area (Å²) < 4.78 is 81.2. The van der Waals surface area contributed by atoms with Crippen molar-refractivity contribution < 1.29 is 46.7 Å². The molecule has 0 amide bonds. The maximum absolute atomic E-state index is 13.4. The molecule has 2 atom stereocenters. The molecule has 0 fully saturated rings. The van der Waals surface area contributed by atoms with Gasteiger partial charge in [0, 0.05) is 0 Å². The third-order valence-corrected chi connectivity index (χ3v) is 30.8. The molecule has 5 aromatic rings. The van der Waals surface area contributed by atoms with E-state index >= 15 is 0 Å². The molecule has 274 valence electrons. The second-order valence-corrected chi connectivity index (χ2v) is 29.1. The summed E-state index contributed by atoms with van der Waals surface area (Å²) in [6, 6.07) is 34.4. The summed E-state index contributed by atoms with van der Waals surface area (Å²) in [6.45, 7) is 6.89. The van der Waals surface area contributed by atoms with E-state index in [4.69, 9.17) is 0 Å². The summed E-state index contributed by atoms with van der Waals surface area (Å²) in [5, 5.41) is 1.41. The van der Waals surface area contributed by atoms with Gasteiger partial charge in [0.2, 0.25) is 0 Å². The molecule has 2 aliphatic rings. The van der Waals surface area contributed by atoms with E-state index in [9.17, 15) is 26.3 Å². The summed E-state index contributed by atoms with van der Waals surface area (Å²) in [7, 11) is 0. The van der Waals surface area contributed by atoms with Crippen LogP contribution in [0.25, 0.3) is 34.4 Å². The second-order valence-electron chi connectivity index (χ2n) is 13.2. The number of hydrogen-bond acceptors (Lipinski definition) is 0. The number of hydrogen-bond donors (Lipinski definition) is 0. The molecular weight excluding hydrogens is 821 g/mol. The van der Waals surface area contributed by atoms with E-state index in [1.807, 2.05) is 12.1 Å². The number of fused-ring (bicyclic) bond motifs is 2. The quantitative estimate of drug-likeness (QED) is 0.113. The zero-order valence-electron chi connectivity index (χ0n) is 29.3. The molecular formula is C43H38Cl2F6SiZr. The van der Waals surface area contributed by atoms with Crippen molar-refractivity contribution in [2.75, 3.05) is 0 Å². The average Bonchev–Trinajstić information content (AvgIpc) is 3.70. The van der Waals surface area contributed by atoms with Crippen LogP contribution >= 0.6 is 24.8 Å². The molecule has 10 heteroatoms. The molecule has 0 saturated heterocycles. The number of alkyl halides is 6. The minimum absolute atomic E-state index is 0. The zero-order chi connectivity index (χ0) is 36.1. The Morgan fingerprint density at radius 3 is 1.28 bits per heavy atom. The third kappa shape index (κ3) is 7.85. The van der Waals surface area contributed by atoms with E-state index in [2.05, 4.69) is 87.1 Å². The number of benzene rings is 5. The van der Waals surface area contributed by atoms with Crippen LogP contribution < -0.4 is 5.19 Å². The van der Waals surface area contributed by atoms with E-state index in [-0.39, 0.29) is 32.1 Å². The van der Waals surface area contributed by atoms with Crippen LogP contribution in [0.1, 0.15) is 67.3 Å². The summed E-state index contributed by atoms with van der Waals surface area (Å²) in [5.74, 6) is 0. The second kappa shape index (κ2) is 16.3. The molecule has 0 aromatic heterocycles. The van der Waals surface area contributed by atoms with Crippen LogP contribution in [0.2, 0.25) is 6.55 Å². The van der Waals surface area contributed by atoms with Gasteiger partial charge in [0.25, 0.3) is 0 Å². The normalized spacial score (nSPS) is 16.1. The Hall–Kier alpha value is -3.16.